The number of hydrogen-bond donors (Lipinski definition) is 2. The number of nitrogens with one attached hydrogen (secondary N) is 1. The lowest BCUT2D eigenvalue weighted by Gasteiger charge is -2.30. The first-order valence-electron chi connectivity index (χ1n) is 6.84. The molecule has 1 fully saturated rings. The van der Waals surface area contributed by atoms with Crippen LogP contribution in [0.15, 0.2) is 12.7 Å². The van der Waals surface area contributed by atoms with Crippen LogP contribution >= 0.6 is 0 Å². The molecular weight excluding hydrogens is 260 g/mol. The van der Waals surface area contributed by atoms with E-state index in [1.54, 1.807) is 25.0 Å². The van der Waals surface area contributed by atoms with Gasteiger partial charge in [0.2, 0.25) is 0 Å². The molecule has 0 aromatic rings. The standard InChI is InChI=1S/C14H24N2O4/c1-4-8-16(9-10-20-3)13(19)15-11-6-5-7-14(11,2)12(17)18/h4,11H,1,5-10H2,2-3H3,(H,15,19)(H,17,18). The Balaban J connectivity index is 2.67. The van der Waals surface area contributed by atoms with Crippen LogP contribution in [0.1, 0.15) is 26.2 Å². The Kier molecular flexibility index (Phi) is 6.01. The molecule has 6 nitrogen and oxygen atoms in total. The van der Waals surface area contributed by atoms with E-state index in [2.05, 4.69) is 11.9 Å². The molecule has 0 spiro atoms. The molecule has 1 aliphatic rings. The smallest absolute Gasteiger partial charge is 0.318 e. The first-order chi connectivity index (χ1) is 9.45. The minimum atomic E-state index is -0.878. The molecular formula is C14H24N2O4. The van der Waals surface area contributed by atoms with Gasteiger partial charge in [-0.05, 0) is 19.8 Å². The summed E-state index contributed by atoms with van der Waals surface area (Å²) in [5.74, 6) is -0.854. The summed E-state index contributed by atoms with van der Waals surface area (Å²) in [7, 11) is 1.57. The van der Waals surface area contributed by atoms with E-state index >= 15 is 0 Å². The molecule has 0 aromatic carbocycles. The number of hydrogen-bond acceptors (Lipinski definition) is 3. The molecule has 1 saturated carbocycles. The number of carbonyl (C=O) groups is 2. The number of methoxy groups -OCH3 is 1. The highest BCUT2D eigenvalue weighted by Gasteiger charge is 2.46. The molecule has 2 unspecified atom stereocenters. The van der Waals surface area contributed by atoms with Crippen molar-refractivity contribution in [3.8, 4) is 0 Å². The maximum absolute atomic E-state index is 12.2. The Bertz CT molecular complexity index is 372. The summed E-state index contributed by atoms with van der Waals surface area (Å²) in [6.07, 6.45) is 3.74. The van der Waals surface area contributed by atoms with Gasteiger partial charge in [-0.2, -0.15) is 0 Å². The van der Waals surface area contributed by atoms with Gasteiger partial charge >= 0.3 is 12.0 Å². The zero-order valence-corrected chi connectivity index (χ0v) is 12.2. The monoisotopic (exact) mass is 284 g/mol. The van der Waals surface area contributed by atoms with E-state index in [9.17, 15) is 14.7 Å². The van der Waals surface area contributed by atoms with Gasteiger partial charge in [0.05, 0.1) is 12.0 Å². The van der Waals surface area contributed by atoms with Crippen LogP contribution in [-0.4, -0.2) is 54.9 Å². The van der Waals surface area contributed by atoms with Crippen LogP contribution in [0.5, 0.6) is 0 Å². The lowest BCUT2D eigenvalue weighted by molar-refractivity contribution is -0.148. The van der Waals surface area contributed by atoms with E-state index in [-0.39, 0.29) is 12.1 Å². The second-order valence-corrected chi connectivity index (χ2v) is 5.34. The molecule has 2 amide bonds. The van der Waals surface area contributed by atoms with Gasteiger partial charge in [0.1, 0.15) is 0 Å². The third-order valence-corrected chi connectivity index (χ3v) is 3.95. The van der Waals surface area contributed by atoms with Crippen LogP contribution in [0.2, 0.25) is 0 Å². The van der Waals surface area contributed by atoms with Crippen molar-refractivity contribution in [2.24, 2.45) is 5.41 Å². The SMILES string of the molecule is C=CCN(CCOC)C(=O)NC1CCCC1(C)C(=O)O. The number of aliphatic carboxylic acids is 1. The van der Waals surface area contributed by atoms with E-state index in [0.717, 1.165) is 6.42 Å². The fourth-order valence-electron chi connectivity index (χ4n) is 2.53. The van der Waals surface area contributed by atoms with Crippen LogP contribution in [0, 0.1) is 5.41 Å². The number of amides is 2. The number of carboxylic acids is 1. The molecule has 0 saturated heterocycles. The maximum Gasteiger partial charge on any atom is 0.318 e. The molecule has 0 aliphatic heterocycles. The van der Waals surface area contributed by atoms with Crippen LogP contribution < -0.4 is 5.32 Å². The largest absolute Gasteiger partial charge is 0.481 e. The Labute approximate surface area is 119 Å². The summed E-state index contributed by atoms with van der Waals surface area (Å²) >= 11 is 0. The lowest BCUT2D eigenvalue weighted by Crippen LogP contribution is -2.52. The van der Waals surface area contributed by atoms with E-state index in [4.69, 9.17) is 4.74 Å². The highest BCUT2D eigenvalue weighted by molar-refractivity contribution is 5.79. The average Bonchev–Trinajstić information content (AvgIpc) is 2.77. The third kappa shape index (κ3) is 3.72. The summed E-state index contributed by atoms with van der Waals surface area (Å²) in [6, 6.07) is -0.594. The maximum atomic E-state index is 12.2. The second kappa shape index (κ2) is 7.28. The van der Waals surface area contributed by atoms with Crippen molar-refractivity contribution >= 4 is 12.0 Å². The number of carboxylic acid groups (broad SMARTS) is 1. The van der Waals surface area contributed by atoms with Crippen LogP contribution in [0.4, 0.5) is 4.79 Å². The van der Waals surface area contributed by atoms with Crippen molar-refractivity contribution in [2.45, 2.75) is 32.2 Å². The minimum Gasteiger partial charge on any atom is -0.481 e. The van der Waals surface area contributed by atoms with Gasteiger partial charge in [-0.3, -0.25) is 4.79 Å². The van der Waals surface area contributed by atoms with Gasteiger partial charge in [0.25, 0.3) is 0 Å². The van der Waals surface area contributed by atoms with Crippen LogP contribution in [0.25, 0.3) is 0 Å². The van der Waals surface area contributed by atoms with Crippen molar-refractivity contribution in [3.63, 3.8) is 0 Å². The van der Waals surface area contributed by atoms with Gasteiger partial charge in [-0.1, -0.05) is 12.5 Å². The molecule has 0 aromatic heterocycles. The second-order valence-electron chi connectivity index (χ2n) is 5.34. The Morgan fingerprint density at radius 1 is 1.60 bits per heavy atom. The Hall–Kier alpha value is -1.56. The molecule has 1 aliphatic carbocycles. The molecule has 114 valence electrons. The van der Waals surface area contributed by atoms with Gasteiger partial charge < -0.3 is 20.1 Å². The lowest BCUT2D eigenvalue weighted by atomic mass is 9.85. The zero-order valence-electron chi connectivity index (χ0n) is 12.2. The molecule has 2 atom stereocenters. The van der Waals surface area contributed by atoms with Crippen molar-refractivity contribution in [1.82, 2.24) is 10.2 Å². The predicted octanol–water partition coefficient (Wildman–Crippen LogP) is 1.47. The highest BCUT2D eigenvalue weighted by Crippen LogP contribution is 2.38. The third-order valence-electron chi connectivity index (χ3n) is 3.95. The Morgan fingerprint density at radius 2 is 2.30 bits per heavy atom. The average molecular weight is 284 g/mol. The number of urea groups is 1. The van der Waals surface area contributed by atoms with Crippen molar-refractivity contribution in [1.29, 1.82) is 0 Å². The van der Waals surface area contributed by atoms with E-state index in [1.165, 1.54) is 0 Å². The molecule has 6 heteroatoms. The summed E-state index contributed by atoms with van der Waals surface area (Å²) in [4.78, 5) is 25.2. The van der Waals surface area contributed by atoms with Gasteiger partial charge in [0, 0.05) is 26.2 Å². The van der Waals surface area contributed by atoms with E-state index in [1.807, 2.05) is 0 Å². The molecule has 2 N–H and O–H groups in total. The van der Waals surface area contributed by atoms with E-state index in [0.29, 0.717) is 32.5 Å². The van der Waals surface area contributed by atoms with Gasteiger partial charge in [-0.15, -0.1) is 6.58 Å². The zero-order chi connectivity index (χ0) is 15.2. The minimum absolute atomic E-state index is 0.263. The van der Waals surface area contributed by atoms with Crippen molar-refractivity contribution in [2.75, 3.05) is 26.8 Å². The summed E-state index contributed by atoms with van der Waals surface area (Å²) in [5.41, 5.74) is -0.878. The predicted molar refractivity (Wildman–Crippen MR) is 75.6 cm³/mol. The number of rotatable bonds is 7. The topological polar surface area (TPSA) is 78.9 Å². The van der Waals surface area contributed by atoms with Crippen LogP contribution in [0.3, 0.4) is 0 Å². The number of nitrogens with zero attached hydrogens (tertiary/aromatic N) is 1. The highest BCUT2D eigenvalue weighted by atomic mass is 16.5. The molecule has 1 rings (SSSR count). The van der Waals surface area contributed by atoms with Gasteiger partial charge in [0.15, 0.2) is 0 Å². The number of ether oxygens (including phenoxy) is 1. The van der Waals surface area contributed by atoms with Crippen LogP contribution in [-0.2, 0) is 9.53 Å². The van der Waals surface area contributed by atoms with E-state index < -0.39 is 11.4 Å². The molecule has 0 radical (unpaired) electrons. The van der Waals surface area contributed by atoms with Gasteiger partial charge in [-0.25, -0.2) is 4.79 Å². The molecule has 0 bridgehead atoms. The molecule has 0 heterocycles. The first-order valence-corrected chi connectivity index (χ1v) is 6.84. The fraction of sp³-hybridized carbons (Fsp3) is 0.714. The summed E-state index contributed by atoms with van der Waals surface area (Å²) in [6.45, 7) is 6.61. The fourth-order valence-corrected chi connectivity index (χ4v) is 2.53. The number of carbonyl (C=O) groups excluding carboxylic acids is 1. The first kappa shape index (κ1) is 16.5. The quantitative estimate of drug-likeness (QED) is 0.694. The summed E-state index contributed by atoms with van der Waals surface area (Å²) < 4.78 is 4.97. The summed E-state index contributed by atoms with van der Waals surface area (Å²) in [5, 5.41) is 12.2. The molecule has 20 heavy (non-hydrogen) atoms. The normalized spacial score (nSPS) is 25.2. The Morgan fingerprint density at radius 3 is 2.85 bits per heavy atom. The van der Waals surface area contributed by atoms with Crippen molar-refractivity contribution in [3.05, 3.63) is 12.7 Å². The van der Waals surface area contributed by atoms with Crippen molar-refractivity contribution < 1.29 is 19.4 Å².